The second-order valence-electron chi connectivity index (χ2n) is 3.19. The third-order valence-electron chi connectivity index (χ3n) is 2.17. The van der Waals surface area contributed by atoms with Crippen LogP contribution in [0.2, 0.25) is 5.15 Å². The maximum absolute atomic E-state index is 5.78. The lowest BCUT2D eigenvalue weighted by Gasteiger charge is -2.15. The highest BCUT2D eigenvalue weighted by Crippen LogP contribution is 2.18. The van der Waals surface area contributed by atoms with Crippen molar-refractivity contribution >= 4 is 29.8 Å². The van der Waals surface area contributed by atoms with E-state index in [9.17, 15) is 0 Å². The van der Waals surface area contributed by atoms with Gasteiger partial charge < -0.3 is 10.6 Å². The van der Waals surface area contributed by atoms with Crippen molar-refractivity contribution in [3.05, 3.63) is 17.5 Å². The number of aromatic nitrogens is 2. The molecule has 1 aliphatic heterocycles. The van der Waals surface area contributed by atoms with E-state index < -0.39 is 0 Å². The molecule has 4 nitrogen and oxygen atoms in total. The summed E-state index contributed by atoms with van der Waals surface area (Å²) in [6, 6.07) is 2.02. The van der Waals surface area contributed by atoms with Crippen LogP contribution < -0.4 is 10.6 Å². The normalized spacial score (nSPS) is 20.7. The molecule has 0 aromatic carbocycles. The average molecular weight is 235 g/mol. The molecule has 1 saturated heterocycles. The Morgan fingerprint density at radius 1 is 1.50 bits per heavy atom. The van der Waals surface area contributed by atoms with E-state index in [1.54, 1.807) is 6.07 Å². The molecule has 0 bridgehead atoms. The van der Waals surface area contributed by atoms with Crippen LogP contribution in [-0.4, -0.2) is 29.1 Å². The van der Waals surface area contributed by atoms with E-state index in [2.05, 4.69) is 14.9 Å². The Morgan fingerprint density at radius 2 is 2.29 bits per heavy atom. The number of nitrogens with two attached hydrogens (primary N) is 1. The van der Waals surface area contributed by atoms with Gasteiger partial charge in [-0.15, -0.1) is 12.4 Å². The van der Waals surface area contributed by atoms with E-state index in [0.29, 0.717) is 5.15 Å². The monoisotopic (exact) mass is 234 g/mol. The minimum atomic E-state index is 0. The summed E-state index contributed by atoms with van der Waals surface area (Å²) < 4.78 is 0. The first-order valence-electron chi connectivity index (χ1n) is 4.24. The van der Waals surface area contributed by atoms with Gasteiger partial charge in [-0.05, 0) is 6.42 Å². The molecule has 2 heterocycles. The molecule has 1 fully saturated rings. The maximum Gasteiger partial charge on any atom is 0.134 e. The highest BCUT2D eigenvalue weighted by atomic mass is 35.5. The van der Waals surface area contributed by atoms with Crippen molar-refractivity contribution in [2.75, 3.05) is 18.0 Å². The van der Waals surface area contributed by atoms with Gasteiger partial charge in [-0.1, -0.05) is 11.6 Å². The van der Waals surface area contributed by atoms with Crippen molar-refractivity contribution in [1.29, 1.82) is 0 Å². The fraction of sp³-hybridized carbons (Fsp3) is 0.500. The lowest BCUT2D eigenvalue weighted by Crippen LogP contribution is -2.26. The number of anilines is 1. The molecule has 1 aromatic heterocycles. The molecule has 14 heavy (non-hydrogen) atoms. The van der Waals surface area contributed by atoms with Crippen LogP contribution in [-0.2, 0) is 0 Å². The van der Waals surface area contributed by atoms with Crippen LogP contribution in [0.5, 0.6) is 0 Å². The van der Waals surface area contributed by atoms with E-state index in [0.717, 1.165) is 25.3 Å². The van der Waals surface area contributed by atoms with E-state index in [-0.39, 0.29) is 18.4 Å². The van der Waals surface area contributed by atoms with Crippen LogP contribution in [0, 0.1) is 0 Å². The largest absolute Gasteiger partial charge is 0.355 e. The summed E-state index contributed by atoms with van der Waals surface area (Å²) >= 11 is 5.75. The van der Waals surface area contributed by atoms with E-state index in [1.165, 1.54) is 6.33 Å². The minimum absolute atomic E-state index is 0. The minimum Gasteiger partial charge on any atom is -0.355 e. The fourth-order valence-electron chi connectivity index (χ4n) is 1.49. The molecule has 1 unspecified atom stereocenters. The standard InChI is InChI=1S/C8H11ClN4.ClH/c9-7-3-8(12-5-11-7)13-2-1-6(10)4-13;/h3,5-6H,1-2,4,10H2;1H. The number of hydrogen-bond donors (Lipinski definition) is 1. The molecule has 6 heteroatoms. The molecule has 2 rings (SSSR count). The molecule has 1 aromatic rings. The Hall–Kier alpha value is -0.580. The highest BCUT2D eigenvalue weighted by Gasteiger charge is 2.20. The van der Waals surface area contributed by atoms with Crippen LogP contribution >= 0.6 is 24.0 Å². The Bertz CT molecular complexity index is 307. The van der Waals surface area contributed by atoms with E-state index >= 15 is 0 Å². The summed E-state index contributed by atoms with van der Waals surface area (Å²) in [5.74, 6) is 0.868. The molecule has 78 valence electrons. The van der Waals surface area contributed by atoms with Gasteiger partial charge in [0.25, 0.3) is 0 Å². The SMILES string of the molecule is Cl.NC1CCN(c2cc(Cl)ncn2)C1. The number of nitrogens with zero attached hydrogens (tertiary/aromatic N) is 3. The summed E-state index contributed by atoms with van der Waals surface area (Å²) in [5, 5.41) is 0.477. The second kappa shape index (κ2) is 4.77. The molecule has 1 atom stereocenters. The van der Waals surface area contributed by atoms with Gasteiger partial charge in [-0.2, -0.15) is 0 Å². The Morgan fingerprint density at radius 3 is 2.86 bits per heavy atom. The summed E-state index contributed by atoms with van der Waals surface area (Å²) in [6.45, 7) is 1.81. The highest BCUT2D eigenvalue weighted by molar-refractivity contribution is 6.29. The van der Waals surface area contributed by atoms with Crippen LogP contribution in [0.4, 0.5) is 5.82 Å². The Labute approximate surface area is 93.9 Å². The predicted molar refractivity (Wildman–Crippen MR) is 59.1 cm³/mol. The number of halogens is 2. The van der Waals surface area contributed by atoms with Crippen LogP contribution in [0.15, 0.2) is 12.4 Å². The average Bonchev–Trinajstić information content (AvgIpc) is 2.52. The van der Waals surface area contributed by atoms with Gasteiger partial charge >= 0.3 is 0 Å². The van der Waals surface area contributed by atoms with Crippen molar-refractivity contribution < 1.29 is 0 Å². The van der Waals surface area contributed by atoms with E-state index in [1.807, 2.05) is 0 Å². The molecular weight excluding hydrogens is 223 g/mol. The topological polar surface area (TPSA) is 55.0 Å². The van der Waals surface area contributed by atoms with E-state index in [4.69, 9.17) is 17.3 Å². The molecule has 0 radical (unpaired) electrons. The molecule has 0 amide bonds. The van der Waals surface area contributed by atoms with Crippen molar-refractivity contribution in [3.63, 3.8) is 0 Å². The maximum atomic E-state index is 5.78. The van der Waals surface area contributed by atoms with Gasteiger partial charge in [0.1, 0.15) is 17.3 Å². The molecular formula is C8H12Cl2N4. The van der Waals surface area contributed by atoms with Gasteiger partial charge in [0.05, 0.1) is 0 Å². The van der Waals surface area contributed by atoms with Crippen molar-refractivity contribution in [3.8, 4) is 0 Å². The van der Waals surface area contributed by atoms with Gasteiger partial charge in [-0.25, -0.2) is 9.97 Å². The summed E-state index contributed by atoms with van der Waals surface area (Å²) in [7, 11) is 0. The first kappa shape index (κ1) is 11.5. The number of rotatable bonds is 1. The smallest absolute Gasteiger partial charge is 0.134 e. The van der Waals surface area contributed by atoms with Gasteiger partial charge in [-0.3, -0.25) is 0 Å². The summed E-state index contributed by atoms with van der Waals surface area (Å²) in [6.07, 6.45) is 2.49. The molecule has 2 N–H and O–H groups in total. The predicted octanol–water partition coefficient (Wildman–Crippen LogP) is 1.09. The summed E-state index contributed by atoms with van der Waals surface area (Å²) in [5.41, 5.74) is 5.78. The summed E-state index contributed by atoms with van der Waals surface area (Å²) in [4.78, 5) is 10.1. The lowest BCUT2D eigenvalue weighted by atomic mass is 10.3. The molecule has 0 aliphatic carbocycles. The first-order valence-corrected chi connectivity index (χ1v) is 4.61. The number of hydrogen-bond acceptors (Lipinski definition) is 4. The van der Waals surface area contributed by atoms with Crippen LogP contribution in [0.1, 0.15) is 6.42 Å². The zero-order valence-electron chi connectivity index (χ0n) is 7.56. The quantitative estimate of drug-likeness (QED) is 0.740. The molecule has 0 saturated carbocycles. The van der Waals surface area contributed by atoms with Crippen LogP contribution in [0.3, 0.4) is 0 Å². The molecule has 1 aliphatic rings. The zero-order chi connectivity index (χ0) is 9.26. The van der Waals surface area contributed by atoms with Crippen LogP contribution in [0.25, 0.3) is 0 Å². The first-order chi connectivity index (χ1) is 6.25. The van der Waals surface area contributed by atoms with Gasteiger partial charge in [0, 0.05) is 25.2 Å². The lowest BCUT2D eigenvalue weighted by molar-refractivity contribution is 0.751. The van der Waals surface area contributed by atoms with Crippen molar-refractivity contribution in [2.24, 2.45) is 5.73 Å². The third kappa shape index (κ3) is 2.47. The Kier molecular flexibility index (Phi) is 3.92. The van der Waals surface area contributed by atoms with Crippen molar-refractivity contribution in [2.45, 2.75) is 12.5 Å². The molecule has 0 spiro atoms. The third-order valence-corrected chi connectivity index (χ3v) is 2.37. The zero-order valence-corrected chi connectivity index (χ0v) is 9.13. The van der Waals surface area contributed by atoms with Gasteiger partial charge in [0.2, 0.25) is 0 Å². The second-order valence-corrected chi connectivity index (χ2v) is 3.58. The van der Waals surface area contributed by atoms with Crippen molar-refractivity contribution in [1.82, 2.24) is 9.97 Å². The Balaban J connectivity index is 0.000000980. The fourth-order valence-corrected chi connectivity index (χ4v) is 1.63. The van der Waals surface area contributed by atoms with Gasteiger partial charge in [0.15, 0.2) is 0 Å².